The Kier molecular flexibility index (Phi) is 57.7. The van der Waals surface area contributed by atoms with E-state index >= 15 is 0 Å². The monoisotopic (exact) mass is 985 g/mol. The smallest absolute Gasteiger partial charge is 0.306 e. The second-order valence-corrected chi connectivity index (χ2v) is 21.3. The summed E-state index contributed by atoms with van der Waals surface area (Å²) in [6.07, 6.45) is 70.3. The van der Waals surface area contributed by atoms with E-state index in [0.29, 0.717) is 19.3 Å². The summed E-state index contributed by atoms with van der Waals surface area (Å²) in [7, 11) is 0. The lowest BCUT2D eigenvalue weighted by Gasteiger charge is -2.18. The number of carbonyl (C=O) groups is 3. The van der Waals surface area contributed by atoms with Gasteiger partial charge in [0.1, 0.15) is 13.2 Å². The summed E-state index contributed by atoms with van der Waals surface area (Å²) < 4.78 is 16.9. The van der Waals surface area contributed by atoms with Crippen molar-refractivity contribution in [3.63, 3.8) is 0 Å². The van der Waals surface area contributed by atoms with Crippen molar-refractivity contribution in [2.75, 3.05) is 13.2 Å². The molecule has 0 saturated carbocycles. The van der Waals surface area contributed by atoms with Gasteiger partial charge in [-0.3, -0.25) is 14.4 Å². The molecule has 0 saturated heterocycles. The Morgan fingerprint density at radius 2 is 0.471 bits per heavy atom. The van der Waals surface area contributed by atoms with Crippen LogP contribution in [-0.4, -0.2) is 37.2 Å². The molecule has 0 aliphatic carbocycles. The molecule has 0 aromatic rings. The van der Waals surface area contributed by atoms with Crippen LogP contribution in [0.3, 0.4) is 0 Å². The first-order valence-corrected chi connectivity index (χ1v) is 31.3. The van der Waals surface area contributed by atoms with Gasteiger partial charge in [0, 0.05) is 19.3 Å². The summed E-state index contributed by atoms with van der Waals surface area (Å²) in [6.45, 7) is 6.69. The van der Waals surface area contributed by atoms with Gasteiger partial charge in [-0.1, -0.05) is 283 Å². The van der Waals surface area contributed by atoms with Gasteiger partial charge in [0.2, 0.25) is 0 Å². The third-order valence-electron chi connectivity index (χ3n) is 14.2. The van der Waals surface area contributed by atoms with E-state index in [1.165, 1.54) is 250 Å². The Morgan fingerprint density at radius 1 is 0.271 bits per heavy atom. The molecule has 70 heavy (non-hydrogen) atoms. The number of carbonyl (C=O) groups excluding carboxylic acids is 3. The van der Waals surface area contributed by atoms with Crippen molar-refractivity contribution in [3.05, 3.63) is 24.3 Å². The summed E-state index contributed by atoms with van der Waals surface area (Å²) in [5.74, 6) is -0.853. The molecule has 0 aliphatic rings. The van der Waals surface area contributed by atoms with Crippen LogP contribution in [0.25, 0.3) is 0 Å². The van der Waals surface area contributed by atoms with Crippen LogP contribution in [-0.2, 0) is 28.6 Å². The molecule has 412 valence electrons. The maximum atomic E-state index is 12.9. The summed E-state index contributed by atoms with van der Waals surface area (Å²) in [5.41, 5.74) is 0. The van der Waals surface area contributed by atoms with Gasteiger partial charge in [-0.25, -0.2) is 0 Å². The predicted molar refractivity (Wildman–Crippen MR) is 303 cm³/mol. The maximum Gasteiger partial charge on any atom is 0.306 e. The summed E-state index contributed by atoms with van der Waals surface area (Å²) in [4.78, 5) is 38.3. The minimum atomic E-state index is -0.772. The fourth-order valence-corrected chi connectivity index (χ4v) is 9.44. The first-order chi connectivity index (χ1) is 34.5. The quantitative estimate of drug-likeness (QED) is 0.0261. The van der Waals surface area contributed by atoms with E-state index in [4.69, 9.17) is 14.2 Å². The van der Waals surface area contributed by atoms with Gasteiger partial charge in [0.15, 0.2) is 6.10 Å². The molecule has 0 rings (SSSR count). The third-order valence-corrected chi connectivity index (χ3v) is 14.2. The highest BCUT2D eigenvalue weighted by Crippen LogP contribution is 2.17. The van der Waals surface area contributed by atoms with Crippen molar-refractivity contribution in [1.29, 1.82) is 0 Å². The highest BCUT2D eigenvalue weighted by atomic mass is 16.6. The molecule has 1 atom stereocenters. The molecule has 0 heterocycles. The van der Waals surface area contributed by atoms with Crippen LogP contribution in [0, 0.1) is 0 Å². The lowest BCUT2D eigenvalue weighted by molar-refractivity contribution is -0.167. The first kappa shape index (κ1) is 67.9. The molecule has 0 spiro atoms. The van der Waals surface area contributed by atoms with Crippen LogP contribution in [0.1, 0.15) is 348 Å². The zero-order chi connectivity index (χ0) is 50.7. The standard InChI is InChI=1S/C64H120O6/c1-4-7-10-13-16-19-22-25-28-31-32-34-36-39-42-45-48-51-54-57-63(66)69-60-61(59-68-62(65)56-53-50-47-44-41-38-35-30-27-24-21-18-15-12-9-6-3)70-64(67)58-55-52-49-46-43-40-37-33-29-26-23-20-17-14-11-8-5-2/h26,29,31-32,61H,4-25,27-28,30,33-60H2,1-3H3/b29-26-,32-31-/t61-/m1/s1. The molecule has 0 N–H and O–H groups in total. The van der Waals surface area contributed by atoms with Crippen LogP contribution < -0.4 is 0 Å². The van der Waals surface area contributed by atoms with Crippen LogP contribution in [0.5, 0.6) is 0 Å². The molecule has 0 amide bonds. The fourth-order valence-electron chi connectivity index (χ4n) is 9.44. The van der Waals surface area contributed by atoms with Gasteiger partial charge < -0.3 is 14.2 Å². The minimum absolute atomic E-state index is 0.0695. The summed E-state index contributed by atoms with van der Waals surface area (Å²) in [6, 6.07) is 0. The highest BCUT2D eigenvalue weighted by molar-refractivity contribution is 5.71. The van der Waals surface area contributed by atoms with Crippen LogP contribution >= 0.6 is 0 Å². The van der Waals surface area contributed by atoms with E-state index in [1.807, 2.05) is 0 Å². The second-order valence-electron chi connectivity index (χ2n) is 21.3. The second kappa shape index (κ2) is 59.5. The van der Waals surface area contributed by atoms with Crippen LogP contribution in [0.2, 0.25) is 0 Å². The Morgan fingerprint density at radius 3 is 0.714 bits per heavy atom. The SMILES string of the molecule is CCCCCCCC/C=C\CCCCCCCCCC(=O)O[C@@H](COC(=O)CCCCCCCCC/C=C\CCCCCCCCCC)COC(=O)CCCCCCCCCCCCCCCCCC. The van der Waals surface area contributed by atoms with Gasteiger partial charge in [-0.2, -0.15) is 0 Å². The molecular weight excluding hydrogens is 865 g/mol. The Labute approximate surface area is 436 Å². The average molecular weight is 986 g/mol. The van der Waals surface area contributed by atoms with Crippen molar-refractivity contribution >= 4 is 17.9 Å². The van der Waals surface area contributed by atoms with Gasteiger partial charge in [-0.05, 0) is 70.6 Å². The number of hydrogen-bond acceptors (Lipinski definition) is 6. The van der Waals surface area contributed by atoms with Crippen LogP contribution in [0.4, 0.5) is 0 Å². The molecule has 0 aliphatic heterocycles. The number of hydrogen-bond donors (Lipinski definition) is 0. The number of esters is 3. The third kappa shape index (κ3) is 56.8. The van der Waals surface area contributed by atoms with Gasteiger partial charge >= 0.3 is 17.9 Å². The molecule has 0 aromatic carbocycles. The number of unbranched alkanes of at least 4 members (excludes halogenated alkanes) is 43. The molecule has 0 radical (unpaired) electrons. The average Bonchev–Trinajstić information content (AvgIpc) is 3.36. The minimum Gasteiger partial charge on any atom is -0.462 e. The van der Waals surface area contributed by atoms with E-state index < -0.39 is 6.10 Å². The van der Waals surface area contributed by atoms with Crippen molar-refractivity contribution in [2.45, 2.75) is 354 Å². The molecule has 0 unspecified atom stereocenters. The molecule has 6 nitrogen and oxygen atoms in total. The zero-order valence-electron chi connectivity index (χ0n) is 47.3. The van der Waals surface area contributed by atoms with Crippen molar-refractivity contribution < 1.29 is 28.6 Å². The van der Waals surface area contributed by atoms with E-state index in [9.17, 15) is 14.4 Å². The van der Waals surface area contributed by atoms with Crippen molar-refractivity contribution in [1.82, 2.24) is 0 Å². The summed E-state index contributed by atoms with van der Waals surface area (Å²) in [5, 5.41) is 0. The van der Waals surface area contributed by atoms with E-state index in [2.05, 4.69) is 45.1 Å². The van der Waals surface area contributed by atoms with Crippen LogP contribution in [0.15, 0.2) is 24.3 Å². The van der Waals surface area contributed by atoms with E-state index in [1.54, 1.807) is 0 Å². The molecule has 0 aromatic heterocycles. The first-order valence-electron chi connectivity index (χ1n) is 31.3. The van der Waals surface area contributed by atoms with Gasteiger partial charge in [0.25, 0.3) is 0 Å². The predicted octanol–water partition coefficient (Wildman–Crippen LogP) is 21.1. The molecule has 6 heteroatoms. The maximum absolute atomic E-state index is 12.9. The summed E-state index contributed by atoms with van der Waals surface area (Å²) >= 11 is 0. The number of allylic oxidation sites excluding steroid dienone is 4. The fraction of sp³-hybridized carbons (Fsp3) is 0.891. The largest absolute Gasteiger partial charge is 0.462 e. The number of ether oxygens (including phenoxy) is 3. The van der Waals surface area contributed by atoms with Crippen molar-refractivity contribution in [3.8, 4) is 0 Å². The van der Waals surface area contributed by atoms with E-state index in [0.717, 1.165) is 57.8 Å². The zero-order valence-corrected chi connectivity index (χ0v) is 47.3. The Hall–Kier alpha value is -2.11. The Bertz CT molecular complexity index is 1130. The number of rotatable bonds is 58. The van der Waals surface area contributed by atoms with Gasteiger partial charge in [-0.15, -0.1) is 0 Å². The molecular formula is C64H120O6. The molecule has 0 bridgehead atoms. The highest BCUT2D eigenvalue weighted by Gasteiger charge is 2.19. The van der Waals surface area contributed by atoms with Gasteiger partial charge in [0.05, 0.1) is 0 Å². The molecule has 0 fully saturated rings. The van der Waals surface area contributed by atoms with E-state index in [-0.39, 0.29) is 31.1 Å². The topological polar surface area (TPSA) is 78.9 Å². The lowest BCUT2D eigenvalue weighted by atomic mass is 10.0. The lowest BCUT2D eigenvalue weighted by Crippen LogP contribution is -2.30. The normalized spacial score (nSPS) is 12.1. The Balaban J connectivity index is 4.33. The van der Waals surface area contributed by atoms with Crippen molar-refractivity contribution in [2.24, 2.45) is 0 Å².